The molecule has 31 heavy (non-hydrogen) atoms. The highest BCUT2D eigenvalue weighted by molar-refractivity contribution is 7.90. The second-order valence-electron chi connectivity index (χ2n) is 8.48. The van der Waals surface area contributed by atoms with Crippen molar-refractivity contribution in [1.82, 2.24) is 14.5 Å². The van der Waals surface area contributed by atoms with Crippen LogP contribution in [-0.4, -0.2) is 72.8 Å². The lowest BCUT2D eigenvalue weighted by Gasteiger charge is -2.36. The number of piperidine rings is 1. The number of imide groups is 1. The molecule has 1 aromatic rings. The zero-order valence-electron chi connectivity index (χ0n) is 16.8. The summed E-state index contributed by atoms with van der Waals surface area (Å²) in [6.07, 6.45) is 1.80. The molecule has 9 nitrogen and oxygen atoms in total. The van der Waals surface area contributed by atoms with E-state index in [2.05, 4.69) is 5.32 Å². The van der Waals surface area contributed by atoms with Crippen LogP contribution in [0.4, 0.5) is 10.1 Å². The fourth-order valence-corrected chi connectivity index (χ4v) is 6.48. The third-order valence-corrected chi connectivity index (χ3v) is 8.88. The highest BCUT2D eigenvalue weighted by atomic mass is 32.2. The molecule has 3 heterocycles. The third-order valence-electron chi connectivity index (χ3n) is 6.48. The molecular formula is C20H23FN4O5S. The number of nitrogens with zero attached hydrogens (tertiary/aromatic N) is 3. The lowest BCUT2D eigenvalue weighted by atomic mass is 10.0. The van der Waals surface area contributed by atoms with Crippen LogP contribution in [0.25, 0.3) is 0 Å². The number of anilines is 1. The van der Waals surface area contributed by atoms with E-state index >= 15 is 0 Å². The van der Waals surface area contributed by atoms with Gasteiger partial charge >= 0.3 is 0 Å². The van der Waals surface area contributed by atoms with E-state index in [9.17, 15) is 27.2 Å². The minimum atomic E-state index is -3.26. The summed E-state index contributed by atoms with van der Waals surface area (Å²) in [5.41, 5.74) is 1.41. The smallest absolute Gasteiger partial charge is 0.255 e. The first-order valence-corrected chi connectivity index (χ1v) is 12.0. The Morgan fingerprint density at radius 2 is 1.71 bits per heavy atom. The fraction of sp³-hybridized carbons (Fsp3) is 0.550. The molecule has 1 aromatic carbocycles. The molecule has 0 radical (unpaired) electrons. The van der Waals surface area contributed by atoms with Crippen LogP contribution in [0.5, 0.6) is 0 Å². The molecule has 1 saturated carbocycles. The summed E-state index contributed by atoms with van der Waals surface area (Å²) >= 11 is 0. The molecule has 11 heteroatoms. The number of carbonyl (C=O) groups excluding carboxylic acids is 3. The molecule has 1 N–H and O–H groups in total. The van der Waals surface area contributed by atoms with Crippen molar-refractivity contribution in [3.63, 3.8) is 0 Å². The SMILES string of the molecule is O=C1CCC(N2Cc3c(cc(F)cc3N3CCN(S(=O)(=O)C4CC4)CC3)C2=O)C(=O)N1. The number of rotatable bonds is 4. The Kier molecular flexibility index (Phi) is 4.78. The Hall–Kier alpha value is -2.53. The Bertz CT molecular complexity index is 1080. The molecule has 0 spiro atoms. The summed E-state index contributed by atoms with van der Waals surface area (Å²) in [6.45, 7) is 1.57. The monoisotopic (exact) mass is 450 g/mol. The summed E-state index contributed by atoms with van der Waals surface area (Å²) < 4.78 is 40.9. The van der Waals surface area contributed by atoms with Gasteiger partial charge in [0, 0.05) is 56.0 Å². The van der Waals surface area contributed by atoms with Crippen LogP contribution < -0.4 is 10.2 Å². The molecule has 4 aliphatic rings. The van der Waals surface area contributed by atoms with Crippen LogP contribution in [0.2, 0.25) is 0 Å². The number of fused-ring (bicyclic) bond motifs is 1. The number of nitrogens with one attached hydrogen (secondary N) is 1. The molecule has 1 unspecified atom stereocenters. The quantitative estimate of drug-likeness (QED) is 0.657. The van der Waals surface area contributed by atoms with Gasteiger partial charge in [-0.1, -0.05) is 0 Å². The van der Waals surface area contributed by atoms with Crippen molar-refractivity contribution < 1.29 is 27.2 Å². The number of halogens is 1. The van der Waals surface area contributed by atoms with Crippen LogP contribution in [0.3, 0.4) is 0 Å². The van der Waals surface area contributed by atoms with Gasteiger partial charge in [-0.15, -0.1) is 0 Å². The lowest BCUT2D eigenvalue weighted by molar-refractivity contribution is -0.136. The van der Waals surface area contributed by atoms with Crippen molar-refractivity contribution in [2.45, 2.75) is 43.5 Å². The highest BCUT2D eigenvalue weighted by Gasteiger charge is 2.43. The topological polar surface area (TPSA) is 107 Å². The van der Waals surface area contributed by atoms with Crippen LogP contribution in [0, 0.1) is 5.82 Å². The molecule has 166 valence electrons. The van der Waals surface area contributed by atoms with E-state index in [0.29, 0.717) is 50.3 Å². The zero-order chi connectivity index (χ0) is 21.9. The van der Waals surface area contributed by atoms with Crippen LogP contribution >= 0.6 is 0 Å². The van der Waals surface area contributed by atoms with E-state index in [1.54, 1.807) is 0 Å². The largest absolute Gasteiger partial charge is 0.369 e. The standard InChI is InChI=1S/C20H23FN4O5S/c21-12-9-14-15(11-25(20(14)28)16-3-4-18(26)22-19(16)27)17(10-12)23-5-7-24(8-6-23)31(29,30)13-1-2-13/h9-10,13,16H,1-8,11H2,(H,22,26,27). The Balaban J connectivity index is 1.37. The predicted molar refractivity (Wildman–Crippen MR) is 108 cm³/mol. The first-order valence-electron chi connectivity index (χ1n) is 10.5. The minimum absolute atomic E-state index is 0.148. The summed E-state index contributed by atoms with van der Waals surface area (Å²) in [6, 6.07) is 1.78. The summed E-state index contributed by atoms with van der Waals surface area (Å²) in [5.74, 6) is -1.87. The van der Waals surface area contributed by atoms with Gasteiger partial charge in [-0.3, -0.25) is 19.7 Å². The number of amides is 3. The molecule has 5 rings (SSSR count). The van der Waals surface area contributed by atoms with Crippen molar-refractivity contribution in [2.24, 2.45) is 0 Å². The number of sulfonamides is 1. The molecule has 3 amide bonds. The van der Waals surface area contributed by atoms with Crippen LogP contribution in [0.15, 0.2) is 12.1 Å². The Morgan fingerprint density at radius 3 is 2.35 bits per heavy atom. The van der Waals surface area contributed by atoms with Gasteiger partial charge in [0.15, 0.2) is 0 Å². The van der Waals surface area contributed by atoms with Crippen molar-refractivity contribution >= 4 is 33.4 Å². The molecule has 1 atom stereocenters. The van der Waals surface area contributed by atoms with E-state index < -0.39 is 33.7 Å². The van der Waals surface area contributed by atoms with Gasteiger partial charge in [-0.2, -0.15) is 4.31 Å². The lowest BCUT2D eigenvalue weighted by Crippen LogP contribution is -2.52. The molecule has 3 fully saturated rings. The fourth-order valence-electron chi connectivity index (χ4n) is 4.65. The van der Waals surface area contributed by atoms with E-state index in [1.807, 2.05) is 4.90 Å². The second-order valence-corrected chi connectivity index (χ2v) is 10.7. The van der Waals surface area contributed by atoms with Gasteiger partial charge in [0.2, 0.25) is 21.8 Å². The van der Waals surface area contributed by atoms with E-state index in [4.69, 9.17) is 0 Å². The van der Waals surface area contributed by atoms with Gasteiger partial charge in [0.05, 0.1) is 5.25 Å². The van der Waals surface area contributed by atoms with Gasteiger partial charge in [-0.05, 0) is 31.4 Å². The summed E-state index contributed by atoms with van der Waals surface area (Å²) in [5, 5.41) is 1.99. The van der Waals surface area contributed by atoms with Crippen molar-refractivity contribution in [1.29, 1.82) is 0 Å². The van der Waals surface area contributed by atoms with Crippen LogP contribution in [0.1, 0.15) is 41.6 Å². The number of piperazine rings is 1. The predicted octanol–water partition coefficient (Wildman–Crippen LogP) is 0.201. The van der Waals surface area contributed by atoms with E-state index in [0.717, 1.165) is 0 Å². The van der Waals surface area contributed by atoms with Gasteiger partial charge in [0.1, 0.15) is 11.9 Å². The zero-order valence-corrected chi connectivity index (χ0v) is 17.7. The van der Waals surface area contributed by atoms with Gasteiger partial charge in [0.25, 0.3) is 5.91 Å². The highest BCUT2D eigenvalue weighted by Crippen LogP contribution is 2.36. The summed E-state index contributed by atoms with van der Waals surface area (Å²) in [7, 11) is -3.26. The number of benzene rings is 1. The first-order chi connectivity index (χ1) is 14.8. The van der Waals surface area contributed by atoms with Gasteiger partial charge in [-0.25, -0.2) is 12.8 Å². The Labute approximate surface area is 179 Å². The van der Waals surface area contributed by atoms with E-state index in [-0.39, 0.29) is 36.1 Å². The van der Waals surface area contributed by atoms with E-state index in [1.165, 1.54) is 21.3 Å². The third kappa shape index (κ3) is 3.49. The molecular weight excluding hydrogens is 427 g/mol. The Morgan fingerprint density at radius 1 is 1.00 bits per heavy atom. The normalized spacial score (nSPS) is 25.1. The minimum Gasteiger partial charge on any atom is -0.369 e. The van der Waals surface area contributed by atoms with Crippen molar-refractivity contribution in [3.05, 3.63) is 29.1 Å². The van der Waals surface area contributed by atoms with Gasteiger partial charge < -0.3 is 9.80 Å². The maximum atomic E-state index is 14.4. The molecule has 1 aliphatic carbocycles. The number of carbonyl (C=O) groups is 3. The molecule has 3 aliphatic heterocycles. The number of hydrogen-bond acceptors (Lipinski definition) is 6. The maximum absolute atomic E-state index is 14.4. The molecule has 2 saturated heterocycles. The summed E-state index contributed by atoms with van der Waals surface area (Å²) in [4.78, 5) is 40.0. The van der Waals surface area contributed by atoms with Crippen LogP contribution in [-0.2, 0) is 26.2 Å². The number of hydrogen-bond donors (Lipinski definition) is 1. The maximum Gasteiger partial charge on any atom is 0.255 e. The first kappa shape index (κ1) is 20.4. The van der Waals surface area contributed by atoms with Crippen molar-refractivity contribution in [3.8, 4) is 0 Å². The average Bonchev–Trinajstić information content (AvgIpc) is 3.54. The molecule has 0 bridgehead atoms. The molecule has 0 aromatic heterocycles. The second kappa shape index (κ2) is 7.27. The van der Waals surface area contributed by atoms with Crippen molar-refractivity contribution in [2.75, 3.05) is 31.1 Å². The average molecular weight is 450 g/mol.